The van der Waals surface area contributed by atoms with Gasteiger partial charge in [0.15, 0.2) is 0 Å². The van der Waals surface area contributed by atoms with Crippen LogP contribution in [0.3, 0.4) is 0 Å². The van der Waals surface area contributed by atoms with Gasteiger partial charge in [-0.3, -0.25) is 4.79 Å². The highest BCUT2D eigenvalue weighted by molar-refractivity contribution is 14.1. The van der Waals surface area contributed by atoms with Crippen molar-refractivity contribution in [2.45, 2.75) is 0 Å². The maximum absolute atomic E-state index is 12.3. The normalized spacial score (nSPS) is 10.2. The fourth-order valence-electron chi connectivity index (χ4n) is 1.64. The van der Waals surface area contributed by atoms with Gasteiger partial charge in [0, 0.05) is 13.6 Å². The molecule has 0 saturated heterocycles. The Morgan fingerprint density at radius 3 is 2.50 bits per heavy atom. The minimum atomic E-state index is -0.266. The Labute approximate surface area is 140 Å². The highest BCUT2D eigenvalue weighted by Crippen LogP contribution is 2.28. The van der Waals surface area contributed by atoms with Crippen LogP contribution in [0.4, 0.5) is 5.69 Å². The van der Waals surface area contributed by atoms with Crippen LogP contribution in [0, 0.1) is 3.57 Å². The quantitative estimate of drug-likeness (QED) is 0.718. The number of carbonyl (C=O) groups is 1. The SMILES string of the molecule is COc1ccc(Cl)cc1NC(=O)c1cc(Cl)ccc1I. The molecule has 0 bridgehead atoms. The van der Waals surface area contributed by atoms with Gasteiger partial charge < -0.3 is 10.1 Å². The second-order valence-corrected chi connectivity index (χ2v) is 5.96. The number of benzene rings is 2. The third-order valence-corrected chi connectivity index (χ3v) is 3.99. The van der Waals surface area contributed by atoms with Gasteiger partial charge in [-0.2, -0.15) is 0 Å². The molecule has 0 aliphatic heterocycles. The second kappa shape index (κ2) is 6.65. The molecule has 2 aromatic carbocycles. The van der Waals surface area contributed by atoms with Gasteiger partial charge in [0.1, 0.15) is 5.75 Å². The molecule has 0 unspecified atom stereocenters. The fraction of sp³-hybridized carbons (Fsp3) is 0.0714. The lowest BCUT2D eigenvalue weighted by Gasteiger charge is -2.11. The smallest absolute Gasteiger partial charge is 0.256 e. The molecule has 0 radical (unpaired) electrons. The predicted molar refractivity (Wildman–Crippen MR) is 90.1 cm³/mol. The largest absolute Gasteiger partial charge is 0.495 e. The molecule has 0 atom stereocenters. The Balaban J connectivity index is 2.32. The van der Waals surface area contributed by atoms with Gasteiger partial charge in [-0.1, -0.05) is 23.2 Å². The number of amides is 1. The standard InChI is InChI=1S/C14H10Cl2INO2/c1-20-13-5-3-9(16)7-12(13)18-14(19)10-6-8(15)2-4-11(10)17/h2-7H,1H3,(H,18,19). The lowest BCUT2D eigenvalue weighted by Crippen LogP contribution is -2.14. The molecule has 6 heteroatoms. The van der Waals surface area contributed by atoms with E-state index in [4.69, 9.17) is 27.9 Å². The molecule has 20 heavy (non-hydrogen) atoms. The number of carbonyl (C=O) groups excluding carboxylic acids is 1. The monoisotopic (exact) mass is 421 g/mol. The van der Waals surface area contributed by atoms with Crippen LogP contribution in [0.15, 0.2) is 36.4 Å². The summed E-state index contributed by atoms with van der Waals surface area (Å²) in [5.74, 6) is 0.275. The van der Waals surface area contributed by atoms with Crippen LogP contribution in [0.2, 0.25) is 10.0 Å². The average Bonchev–Trinajstić information content (AvgIpc) is 2.41. The molecular formula is C14H10Cl2INO2. The maximum atomic E-state index is 12.3. The van der Waals surface area contributed by atoms with Crippen LogP contribution in [0.1, 0.15) is 10.4 Å². The molecule has 0 aliphatic rings. The maximum Gasteiger partial charge on any atom is 0.256 e. The highest BCUT2D eigenvalue weighted by atomic mass is 127. The van der Waals surface area contributed by atoms with Crippen molar-refractivity contribution in [3.8, 4) is 5.75 Å². The van der Waals surface area contributed by atoms with Crippen molar-refractivity contribution in [1.29, 1.82) is 0 Å². The zero-order valence-corrected chi connectivity index (χ0v) is 14.1. The molecule has 0 saturated carbocycles. The van der Waals surface area contributed by atoms with E-state index in [1.54, 1.807) is 36.4 Å². The summed E-state index contributed by atoms with van der Waals surface area (Å²) in [7, 11) is 1.53. The summed E-state index contributed by atoms with van der Waals surface area (Å²) in [5.41, 5.74) is 1.01. The lowest BCUT2D eigenvalue weighted by molar-refractivity contribution is 0.102. The first-order valence-electron chi connectivity index (χ1n) is 5.61. The molecule has 0 spiro atoms. The Morgan fingerprint density at radius 2 is 1.80 bits per heavy atom. The van der Waals surface area contributed by atoms with Crippen LogP contribution in [-0.4, -0.2) is 13.0 Å². The molecule has 104 valence electrons. The molecule has 0 heterocycles. The molecule has 1 N–H and O–H groups in total. The van der Waals surface area contributed by atoms with E-state index in [0.29, 0.717) is 27.0 Å². The highest BCUT2D eigenvalue weighted by Gasteiger charge is 2.13. The van der Waals surface area contributed by atoms with Gasteiger partial charge in [-0.25, -0.2) is 0 Å². The second-order valence-electron chi connectivity index (χ2n) is 3.92. The minimum Gasteiger partial charge on any atom is -0.495 e. The summed E-state index contributed by atoms with van der Waals surface area (Å²) in [6, 6.07) is 10.2. The van der Waals surface area contributed by atoms with Crippen LogP contribution >= 0.6 is 45.8 Å². The molecular weight excluding hydrogens is 412 g/mol. The zero-order valence-electron chi connectivity index (χ0n) is 10.4. The van der Waals surface area contributed by atoms with Gasteiger partial charge >= 0.3 is 0 Å². The molecule has 1 amide bonds. The summed E-state index contributed by atoms with van der Waals surface area (Å²) >= 11 is 13.9. The van der Waals surface area contributed by atoms with E-state index in [9.17, 15) is 4.79 Å². The van der Waals surface area contributed by atoms with Crippen molar-refractivity contribution in [2.24, 2.45) is 0 Å². The summed E-state index contributed by atoms with van der Waals surface area (Å²) in [6.45, 7) is 0. The van der Waals surface area contributed by atoms with Crippen molar-refractivity contribution in [1.82, 2.24) is 0 Å². The topological polar surface area (TPSA) is 38.3 Å². The predicted octanol–water partition coefficient (Wildman–Crippen LogP) is 4.86. The number of halogens is 3. The molecule has 0 fully saturated rings. The Kier molecular flexibility index (Phi) is 5.12. The average molecular weight is 422 g/mol. The summed E-state index contributed by atoms with van der Waals surface area (Å²) < 4.78 is 6.00. The Morgan fingerprint density at radius 1 is 1.15 bits per heavy atom. The van der Waals surface area contributed by atoms with Crippen molar-refractivity contribution >= 4 is 57.4 Å². The van der Waals surface area contributed by atoms with E-state index in [1.807, 2.05) is 0 Å². The van der Waals surface area contributed by atoms with Crippen LogP contribution in [-0.2, 0) is 0 Å². The van der Waals surface area contributed by atoms with E-state index in [0.717, 1.165) is 3.57 Å². The van der Waals surface area contributed by atoms with E-state index < -0.39 is 0 Å². The van der Waals surface area contributed by atoms with Gasteiger partial charge in [0.05, 0.1) is 18.4 Å². The van der Waals surface area contributed by atoms with E-state index in [2.05, 4.69) is 27.9 Å². The van der Waals surface area contributed by atoms with Crippen molar-refractivity contribution in [2.75, 3.05) is 12.4 Å². The molecule has 3 nitrogen and oxygen atoms in total. The number of nitrogens with one attached hydrogen (secondary N) is 1. The Bertz CT molecular complexity index is 662. The van der Waals surface area contributed by atoms with Crippen LogP contribution < -0.4 is 10.1 Å². The van der Waals surface area contributed by atoms with E-state index in [1.165, 1.54) is 7.11 Å². The zero-order chi connectivity index (χ0) is 14.7. The van der Waals surface area contributed by atoms with Gasteiger partial charge in [-0.15, -0.1) is 0 Å². The summed E-state index contributed by atoms with van der Waals surface area (Å²) in [4.78, 5) is 12.3. The van der Waals surface area contributed by atoms with Crippen LogP contribution in [0.5, 0.6) is 5.75 Å². The minimum absolute atomic E-state index is 0.266. The van der Waals surface area contributed by atoms with E-state index in [-0.39, 0.29) is 5.91 Å². The molecule has 2 aromatic rings. The first-order valence-corrected chi connectivity index (χ1v) is 7.44. The van der Waals surface area contributed by atoms with Crippen molar-refractivity contribution in [3.63, 3.8) is 0 Å². The number of ether oxygens (including phenoxy) is 1. The third kappa shape index (κ3) is 3.56. The third-order valence-electron chi connectivity index (χ3n) is 2.58. The fourth-order valence-corrected chi connectivity index (χ4v) is 2.56. The number of rotatable bonds is 3. The van der Waals surface area contributed by atoms with E-state index >= 15 is 0 Å². The van der Waals surface area contributed by atoms with Crippen LogP contribution in [0.25, 0.3) is 0 Å². The molecule has 2 rings (SSSR count). The first kappa shape index (κ1) is 15.4. The first-order chi connectivity index (χ1) is 9.51. The van der Waals surface area contributed by atoms with Crippen molar-refractivity contribution < 1.29 is 9.53 Å². The van der Waals surface area contributed by atoms with Gasteiger partial charge in [0.2, 0.25) is 0 Å². The number of hydrogen-bond acceptors (Lipinski definition) is 2. The lowest BCUT2D eigenvalue weighted by atomic mass is 10.2. The number of methoxy groups -OCH3 is 1. The summed E-state index contributed by atoms with van der Waals surface area (Å²) in [6.07, 6.45) is 0. The Hall–Kier alpha value is -0.980. The summed E-state index contributed by atoms with van der Waals surface area (Å²) in [5, 5.41) is 3.80. The molecule has 0 aliphatic carbocycles. The van der Waals surface area contributed by atoms with Gasteiger partial charge in [-0.05, 0) is 59.0 Å². The number of anilines is 1. The number of hydrogen-bond donors (Lipinski definition) is 1. The van der Waals surface area contributed by atoms with Crippen molar-refractivity contribution in [3.05, 3.63) is 55.6 Å². The van der Waals surface area contributed by atoms with Gasteiger partial charge in [0.25, 0.3) is 5.91 Å². The molecule has 0 aromatic heterocycles.